The van der Waals surface area contributed by atoms with Gasteiger partial charge < -0.3 is 14.3 Å². The molecule has 1 saturated heterocycles. The van der Waals surface area contributed by atoms with E-state index in [1.165, 1.54) is 11.2 Å². The second-order valence-electron chi connectivity index (χ2n) is 8.38. The number of carbonyl (C=O) groups excluding carboxylic acids is 2. The smallest absolute Gasteiger partial charge is 0.248 e. The van der Waals surface area contributed by atoms with Gasteiger partial charge >= 0.3 is 0 Å². The third-order valence-electron chi connectivity index (χ3n) is 6.21. The Morgan fingerprint density at radius 3 is 2.58 bits per heavy atom. The fourth-order valence-corrected chi connectivity index (χ4v) is 6.32. The van der Waals surface area contributed by atoms with Crippen molar-refractivity contribution in [3.8, 4) is 0 Å². The maximum Gasteiger partial charge on any atom is 0.248 e. The molecule has 3 heterocycles. The summed E-state index contributed by atoms with van der Waals surface area (Å²) in [5, 5.41) is 3.77. The standard InChI is InChI=1S/C23H28N4O5S/c1-16-23(17(2)32-24-16)33(30,31)26-11-6-10-25(13-14-26)22(29)15-21-20-8-5-4-7-19(20)9-12-27(21)18(3)28/h4-5,7-9,12,21H,6,10-11,13-15H2,1-3H3. The molecule has 1 aromatic carbocycles. The SMILES string of the molecule is CC(=O)N1C=Cc2ccccc2C1CC(=O)N1CCCN(S(=O)(=O)c2c(C)noc2C)CC1. The van der Waals surface area contributed by atoms with Gasteiger partial charge in [-0.15, -0.1) is 0 Å². The first-order chi connectivity index (χ1) is 15.7. The molecular formula is C23H28N4O5S. The van der Waals surface area contributed by atoms with Gasteiger partial charge in [-0.2, -0.15) is 4.31 Å². The lowest BCUT2D eigenvalue weighted by atomic mass is 9.93. The van der Waals surface area contributed by atoms with E-state index in [1.54, 1.807) is 29.8 Å². The van der Waals surface area contributed by atoms with E-state index in [1.807, 2.05) is 30.3 Å². The Balaban J connectivity index is 1.49. The molecule has 0 spiro atoms. The molecule has 0 radical (unpaired) electrons. The molecule has 1 unspecified atom stereocenters. The summed E-state index contributed by atoms with van der Waals surface area (Å²) < 4.78 is 32.8. The zero-order chi connectivity index (χ0) is 23.8. The van der Waals surface area contributed by atoms with E-state index in [0.29, 0.717) is 25.2 Å². The number of amides is 2. The molecule has 1 aromatic heterocycles. The molecule has 4 rings (SSSR count). The molecule has 2 aromatic rings. The van der Waals surface area contributed by atoms with Gasteiger partial charge in [-0.25, -0.2) is 8.42 Å². The summed E-state index contributed by atoms with van der Waals surface area (Å²) in [6, 6.07) is 7.34. The minimum absolute atomic E-state index is 0.102. The van der Waals surface area contributed by atoms with Crippen molar-refractivity contribution in [1.29, 1.82) is 0 Å². The van der Waals surface area contributed by atoms with Gasteiger partial charge in [0.2, 0.25) is 21.8 Å². The topological polar surface area (TPSA) is 104 Å². The van der Waals surface area contributed by atoms with Crippen molar-refractivity contribution in [2.75, 3.05) is 26.2 Å². The Labute approximate surface area is 193 Å². The molecule has 0 saturated carbocycles. The number of sulfonamides is 1. The first kappa shape index (κ1) is 23.2. The van der Waals surface area contributed by atoms with Crippen LogP contribution in [0.5, 0.6) is 0 Å². The molecule has 2 amide bonds. The van der Waals surface area contributed by atoms with Gasteiger partial charge in [-0.3, -0.25) is 9.59 Å². The Bertz CT molecular complexity index is 1180. The van der Waals surface area contributed by atoms with Crippen molar-refractivity contribution in [3.63, 3.8) is 0 Å². The van der Waals surface area contributed by atoms with Crippen molar-refractivity contribution in [2.45, 2.75) is 44.6 Å². The van der Waals surface area contributed by atoms with Gasteiger partial charge in [0.05, 0.1) is 12.5 Å². The highest BCUT2D eigenvalue weighted by Crippen LogP contribution is 2.33. The van der Waals surface area contributed by atoms with Gasteiger partial charge in [-0.05, 0) is 37.5 Å². The van der Waals surface area contributed by atoms with Crippen LogP contribution >= 0.6 is 0 Å². The van der Waals surface area contributed by atoms with E-state index < -0.39 is 10.0 Å². The summed E-state index contributed by atoms with van der Waals surface area (Å²) in [5.74, 6) is 0.0251. The lowest BCUT2D eigenvalue weighted by molar-refractivity contribution is -0.134. The third-order valence-corrected chi connectivity index (χ3v) is 8.35. The Morgan fingerprint density at radius 1 is 1.12 bits per heavy atom. The number of aromatic nitrogens is 1. The van der Waals surface area contributed by atoms with E-state index in [-0.39, 0.29) is 48.0 Å². The molecule has 1 atom stereocenters. The lowest BCUT2D eigenvalue weighted by Crippen LogP contribution is -2.40. The van der Waals surface area contributed by atoms with Crippen LogP contribution in [-0.2, 0) is 19.6 Å². The van der Waals surface area contributed by atoms with Gasteiger partial charge in [0.1, 0.15) is 10.6 Å². The molecule has 1 fully saturated rings. The maximum absolute atomic E-state index is 13.3. The molecule has 0 N–H and O–H groups in total. The van der Waals surface area contributed by atoms with Crippen molar-refractivity contribution >= 4 is 27.9 Å². The number of hydrogen-bond donors (Lipinski definition) is 0. The second kappa shape index (κ2) is 9.11. The number of hydrogen-bond acceptors (Lipinski definition) is 6. The van der Waals surface area contributed by atoms with Gasteiger partial charge in [0.25, 0.3) is 0 Å². The number of carbonyl (C=O) groups is 2. The van der Waals surface area contributed by atoms with Crippen molar-refractivity contribution in [2.24, 2.45) is 0 Å². The normalized spacial score (nSPS) is 19.3. The van der Waals surface area contributed by atoms with E-state index >= 15 is 0 Å². The largest absolute Gasteiger partial charge is 0.360 e. The summed E-state index contributed by atoms with van der Waals surface area (Å²) >= 11 is 0. The minimum atomic E-state index is -3.76. The molecule has 10 heteroatoms. The predicted octanol–water partition coefficient (Wildman–Crippen LogP) is 2.48. The van der Waals surface area contributed by atoms with Crippen LogP contribution in [0.25, 0.3) is 6.08 Å². The number of fused-ring (bicyclic) bond motifs is 1. The van der Waals surface area contributed by atoms with Crippen LogP contribution < -0.4 is 0 Å². The Hall–Kier alpha value is -2.98. The van der Waals surface area contributed by atoms with Crippen molar-refractivity contribution < 1.29 is 22.5 Å². The number of aryl methyl sites for hydroxylation is 2. The molecule has 2 aliphatic rings. The zero-order valence-electron chi connectivity index (χ0n) is 19.0. The second-order valence-corrected chi connectivity index (χ2v) is 10.3. The van der Waals surface area contributed by atoms with Gasteiger partial charge in [0, 0.05) is 39.3 Å². The molecule has 9 nitrogen and oxygen atoms in total. The van der Waals surface area contributed by atoms with E-state index in [2.05, 4.69) is 5.16 Å². The zero-order valence-corrected chi connectivity index (χ0v) is 19.8. The predicted molar refractivity (Wildman–Crippen MR) is 121 cm³/mol. The van der Waals surface area contributed by atoms with Crippen LogP contribution in [0, 0.1) is 13.8 Å². The Morgan fingerprint density at radius 2 is 1.88 bits per heavy atom. The maximum atomic E-state index is 13.3. The van der Waals surface area contributed by atoms with Crippen molar-refractivity contribution in [3.05, 3.63) is 53.0 Å². The van der Waals surface area contributed by atoms with Crippen LogP contribution in [0.1, 0.15) is 48.4 Å². The van der Waals surface area contributed by atoms with E-state index in [4.69, 9.17) is 4.52 Å². The fraction of sp³-hybridized carbons (Fsp3) is 0.435. The quantitative estimate of drug-likeness (QED) is 0.677. The third kappa shape index (κ3) is 4.45. The van der Waals surface area contributed by atoms with Crippen molar-refractivity contribution in [1.82, 2.24) is 19.3 Å². The number of benzene rings is 1. The average molecular weight is 473 g/mol. The molecule has 176 valence electrons. The first-order valence-electron chi connectivity index (χ1n) is 11.0. The van der Waals surface area contributed by atoms with Gasteiger partial charge in [0.15, 0.2) is 5.76 Å². The van der Waals surface area contributed by atoms with Crippen LogP contribution in [-0.4, -0.2) is 65.7 Å². The molecule has 0 bridgehead atoms. The van der Waals surface area contributed by atoms with Crippen LogP contribution in [0.2, 0.25) is 0 Å². The van der Waals surface area contributed by atoms with Crippen LogP contribution in [0.4, 0.5) is 0 Å². The molecule has 33 heavy (non-hydrogen) atoms. The molecular weight excluding hydrogens is 444 g/mol. The minimum Gasteiger partial charge on any atom is -0.360 e. The number of nitrogens with zero attached hydrogens (tertiary/aromatic N) is 4. The first-order valence-corrected chi connectivity index (χ1v) is 12.4. The van der Waals surface area contributed by atoms with E-state index in [0.717, 1.165) is 11.1 Å². The van der Waals surface area contributed by atoms with E-state index in [9.17, 15) is 18.0 Å². The highest BCUT2D eigenvalue weighted by Gasteiger charge is 2.34. The average Bonchev–Trinajstić information content (AvgIpc) is 2.98. The number of rotatable bonds is 4. The highest BCUT2D eigenvalue weighted by atomic mass is 32.2. The van der Waals surface area contributed by atoms with Crippen LogP contribution in [0.15, 0.2) is 39.9 Å². The summed E-state index contributed by atoms with van der Waals surface area (Å²) in [6.07, 6.45) is 4.26. The monoisotopic (exact) mass is 472 g/mol. The lowest BCUT2D eigenvalue weighted by Gasteiger charge is -2.33. The molecule has 2 aliphatic heterocycles. The summed E-state index contributed by atoms with van der Waals surface area (Å²) in [5.41, 5.74) is 2.25. The fourth-order valence-electron chi connectivity index (χ4n) is 4.56. The van der Waals surface area contributed by atoms with Crippen LogP contribution in [0.3, 0.4) is 0 Å². The summed E-state index contributed by atoms with van der Waals surface area (Å²) in [7, 11) is -3.76. The molecule has 0 aliphatic carbocycles. The van der Waals surface area contributed by atoms with Gasteiger partial charge in [-0.1, -0.05) is 29.4 Å². The highest BCUT2D eigenvalue weighted by molar-refractivity contribution is 7.89. The summed E-state index contributed by atoms with van der Waals surface area (Å²) in [6.45, 7) is 5.91. The Kier molecular flexibility index (Phi) is 6.40. The summed E-state index contributed by atoms with van der Waals surface area (Å²) in [4.78, 5) is 28.9.